The lowest BCUT2D eigenvalue weighted by molar-refractivity contribution is -0.914. The summed E-state index contributed by atoms with van der Waals surface area (Å²) in [6, 6.07) is 6.33. The number of thiophene rings is 1. The van der Waals surface area contributed by atoms with Gasteiger partial charge in [0.2, 0.25) is 6.79 Å². The minimum atomic E-state index is 0.336. The fourth-order valence-corrected chi connectivity index (χ4v) is 6.39. The van der Waals surface area contributed by atoms with Crippen LogP contribution in [-0.4, -0.2) is 42.9 Å². The second-order valence-corrected chi connectivity index (χ2v) is 9.91. The van der Waals surface area contributed by atoms with E-state index < -0.39 is 0 Å². The third-order valence-electron chi connectivity index (χ3n) is 6.73. The van der Waals surface area contributed by atoms with E-state index in [1.54, 1.807) is 11.2 Å². The van der Waals surface area contributed by atoms with Crippen LogP contribution in [0.1, 0.15) is 29.3 Å². The number of anilines is 1. The lowest BCUT2D eigenvalue weighted by atomic mass is 9.89. The molecule has 1 N–H and O–H groups in total. The molecule has 3 aromatic rings. The van der Waals surface area contributed by atoms with Gasteiger partial charge in [-0.15, -0.1) is 11.3 Å². The molecule has 2 aliphatic heterocycles. The molecule has 0 saturated carbocycles. The molecule has 1 aromatic carbocycles. The first-order chi connectivity index (χ1) is 14.7. The van der Waals surface area contributed by atoms with Crippen LogP contribution in [0.15, 0.2) is 24.5 Å². The number of benzene rings is 1. The molecular formula is C23H27N4O2S+. The Morgan fingerprint density at radius 3 is 2.93 bits per heavy atom. The van der Waals surface area contributed by atoms with Gasteiger partial charge in [-0.1, -0.05) is 6.92 Å². The second-order valence-electron chi connectivity index (χ2n) is 8.83. The zero-order chi connectivity index (χ0) is 20.1. The number of rotatable bonds is 3. The van der Waals surface area contributed by atoms with Crippen molar-refractivity contribution in [3.63, 3.8) is 0 Å². The highest BCUT2D eigenvalue weighted by molar-refractivity contribution is 7.19. The van der Waals surface area contributed by atoms with Gasteiger partial charge < -0.3 is 19.3 Å². The highest BCUT2D eigenvalue weighted by Gasteiger charge is 2.28. The molecule has 1 saturated heterocycles. The topological polar surface area (TPSA) is 51.9 Å². The standard InChI is InChI=1S/C23H26N4O2S/c1-15-2-4-17-20(10-15)30-23-21(17)22(24-13-25-23)27-8-6-26(7-9-27)12-16-3-5-18-19(11-16)29-14-28-18/h3,5,11,13,15H,2,4,6-10,12,14H2,1H3/p+1. The molecule has 1 aliphatic carbocycles. The summed E-state index contributed by atoms with van der Waals surface area (Å²) < 4.78 is 11.0. The van der Waals surface area contributed by atoms with Gasteiger partial charge in [0.1, 0.15) is 23.5 Å². The smallest absolute Gasteiger partial charge is 0.231 e. The van der Waals surface area contributed by atoms with Crippen LogP contribution in [0.2, 0.25) is 0 Å². The van der Waals surface area contributed by atoms with E-state index in [4.69, 9.17) is 14.5 Å². The molecule has 6 nitrogen and oxygen atoms in total. The van der Waals surface area contributed by atoms with Gasteiger partial charge in [0.05, 0.1) is 31.6 Å². The zero-order valence-corrected chi connectivity index (χ0v) is 18.1. The number of nitrogens with zero attached hydrogens (tertiary/aromatic N) is 3. The van der Waals surface area contributed by atoms with Gasteiger partial charge in [-0.2, -0.15) is 0 Å². The number of hydrogen-bond donors (Lipinski definition) is 1. The first kappa shape index (κ1) is 18.4. The number of hydrogen-bond acceptors (Lipinski definition) is 6. The Morgan fingerprint density at radius 2 is 2.03 bits per heavy atom. The fourth-order valence-electron chi connectivity index (χ4n) is 5.05. The molecule has 0 amide bonds. The predicted molar refractivity (Wildman–Crippen MR) is 118 cm³/mol. The molecule has 1 atom stereocenters. The Hall–Kier alpha value is -2.38. The number of fused-ring (bicyclic) bond motifs is 4. The number of quaternary nitrogens is 1. The molecular weight excluding hydrogens is 396 g/mol. The van der Waals surface area contributed by atoms with Crippen LogP contribution in [0.5, 0.6) is 11.5 Å². The summed E-state index contributed by atoms with van der Waals surface area (Å²) in [5.74, 6) is 3.68. The van der Waals surface area contributed by atoms with E-state index in [9.17, 15) is 0 Å². The van der Waals surface area contributed by atoms with E-state index >= 15 is 0 Å². The van der Waals surface area contributed by atoms with Gasteiger partial charge in [0, 0.05) is 10.4 Å². The molecule has 0 bridgehead atoms. The van der Waals surface area contributed by atoms with Crippen LogP contribution in [-0.2, 0) is 19.4 Å². The van der Waals surface area contributed by atoms with E-state index in [0.29, 0.717) is 6.79 Å². The summed E-state index contributed by atoms with van der Waals surface area (Å²) in [6.45, 7) is 8.02. The fraction of sp³-hybridized carbons (Fsp3) is 0.478. The highest BCUT2D eigenvalue weighted by Crippen LogP contribution is 2.40. The van der Waals surface area contributed by atoms with Crippen LogP contribution < -0.4 is 19.3 Å². The van der Waals surface area contributed by atoms with E-state index in [0.717, 1.165) is 56.0 Å². The van der Waals surface area contributed by atoms with Crippen molar-refractivity contribution in [2.24, 2.45) is 5.92 Å². The van der Waals surface area contributed by atoms with Gasteiger partial charge in [0.15, 0.2) is 11.5 Å². The highest BCUT2D eigenvalue weighted by atomic mass is 32.1. The molecule has 1 unspecified atom stereocenters. The predicted octanol–water partition coefficient (Wildman–Crippen LogP) is 2.45. The van der Waals surface area contributed by atoms with Gasteiger partial charge in [-0.05, 0) is 48.9 Å². The van der Waals surface area contributed by atoms with Gasteiger partial charge in [-0.3, -0.25) is 0 Å². The van der Waals surface area contributed by atoms with Gasteiger partial charge in [-0.25, -0.2) is 9.97 Å². The van der Waals surface area contributed by atoms with E-state index in [1.807, 2.05) is 17.4 Å². The maximum absolute atomic E-state index is 5.54. The summed E-state index contributed by atoms with van der Waals surface area (Å²) in [6.07, 6.45) is 5.41. The molecule has 7 heteroatoms. The Bertz CT molecular complexity index is 1090. The molecule has 156 valence electrons. The van der Waals surface area contributed by atoms with E-state index in [2.05, 4.69) is 28.9 Å². The van der Waals surface area contributed by atoms with E-state index in [1.165, 1.54) is 45.5 Å². The average Bonchev–Trinajstić information content (AvgIpc) is 3.37. The molecule has 30 heavy (non-hydrogen) atoms. The molecule has 0 spiro atoms. The first-order valence-electron chi connectivity index (χ1n) is 11.0. The minimum Gasteiger partial charge on any atom is -0.454 e. The average molecular weight is 424 g/mol. The van der Waals surface area contributed by atoms with Crippen molar-refractivity contribution in [1.82, 2.24) is 9.97 Å². The van der Waals surface area contributed by atoms with Crippen molar-refractivity contribution in [3.8, 4) is 11.5 Å². The van der Waals surface area contributed by atoms with Crippen molar-refractivity contribution in [1.29, 1.82) is 0 Å². The summed E-state index contributed by atoms with van der Waals surface area (Å²) in [5, 5.41) is 1.34. The number of piperazine rings is 1. The van der Waals surface area contributed by atoms with Gasteiger partial charge in [0.25, 0.3) is 0 Å². The van der Waals surface area contributed by atoms with Crippen LogP contribution in [0.4, 0.5) is 5.82 Å². The largest absolute Gasteiger partial charge is 0.454 e. The Morgan fingerprint density at radius 1 is 1.17 bits per heavy atom. The van der Waals surface area contributed by atoms with Crippen molar-refractivity contribution in [2.45, 2.75) is 32.7 Å². The second kappa shape index (κ2) is 7.39. The van der Waals surface area contributed by atoms with Crippen LogP contribution >= 0.6 is 11.3 Å². The lowest BCUT2D eigenvalue weighted by Gasteiger charge is -2.33. The Balaban J connectivity index is 1.19. The summed E-state index contributed by atoms with van der Waals surface area (Å²) in [4.78, 5) is 16.2. The van der Waals surface area contributed by atoms with Gasteiger partial charge >= 0.3 is 0 Å². The van der Waals surface area contributed by atoms with Crippen LogP contribution in [0, 0.1) is 5.92 Å². The normalized spacial score (nSPS) is 21.2. The lowest BCUT2D eigenvalue weighted by Crippen LogP contribution is -3.13. The Kier molecular flexibility index (Phi) is 4.53. The number of ether oxygens (including phenoxy) is 2. The molecule has 1 fully saturated rings. The third-order valence-corrected chi connectivity index (χ3v) is 7.90. The maximum Gasteiger partial charge on any atom is 0.231 e. The van der Waals surface area contributed by atoms with E-state index in [-0.39, 0.29) is 0 Å². The summed E-state index contributed by atoms with van der Waals surface area (Å²) >= 11 is 1.89. The monoisotopic (exact) mass is 423 g/mol. The molecule has 3 aliphatic rings. The third kappa shape index (κ3) is 3.20. The van der Waals surface area contributed by atoms with Crippen molar-refractivity contribution < 1.29 is 14.4 Å². The maximum atomic E-state index is 5.54. The SMILES string of the molecule is CC1CCc2c(sc3ncnc(N4CC[NH+](Cc5ccc6c(c5)OCO6)CC4)c23)C1. The van der Waals surface area contributed by atoms with Crippen LogP contribution in [0.3, 0.4) is 0 Å². The zero-order valence-electron chi connectivity index (χ0n) is 17.3. The van der Waals surface area contributed by atoms with Crippen molar-refractivity contribution in [2.75, 3.05) is 37.9 Å². The molecule has 2 aromatic heterocycles. The molecule has 4 heterocycles. The summed E-state index contributed by atoms with van der Waals surface area (Å²) in [7, 11) is 0. The first-order valence-corrected chi connectivity index (χ1v) is 11.8. The Labute approximate surface area is 180 Å². The minimum absolute atomic E-state index is 0.336. The number of aromatic nitrogens is 2. The summed E-state index contributed by atoms with van der Waals surface area (Å²) in [5.41, 5.74) is 2.84. The molecule has 0 radical (unpaired) electrons. The van der Waals surface area contributed by atoms with Crippen LogP contribution in [0.25, 0.3) is 10.2 Å². The quantitative estimate of drug-likeness (QED) is 0.701. The number of nitrogens with one attached hydrogen (secondary N) is 1. The molecule has 6 rings (SSSR count). The van der Waals surface area contributed by atoms with Crippen molar-refractivity contribution >= 4 is 27.4 Å². The van der Waals surface area contributed by atoms with Crippen molar-refractivity contribution in [3.05, 3.63) is 40.5 Å². The number of aryl methyl sites for hydroxylation is 1.